The van der Waals surface area contributed by atoms with Crippen molar-refractivity contribution >= 4 is 5.69 Å². The van der Waals surface area contributed by atoms with Crippen molar-refractivity contribution in [3.63, 3.8) is 0 Å². The van der Waals surface area contributed by atoms with Gasteiger partial charge in [0.15, 0.2) is 0 Å². The van der Waals surface area contributed by atoms with Gasteiger partial charge in [0.2, 0.25) is 0 Å². The summed E-state index contributed by atoms with van der Waals surface area (Å²) < 4.78 is 13.2. The molecule has 1 atom stereocenters. The molecule has 1 aliphatic heterocycles. The molecule has 0 fully saturated rings. The Balaban J connectivity index is 1.94. The predicted octanol–water partition coefficient (Wildman–Crippen LogP) is 2.22. The van der Waals surface area contributed by atoms with E-state index in [9.17, 15) is 0 Å². The summed E-state index contributed by atoms with van der Waals surface area (Å²) in [6.07, 6.45) is 3.95. The van der Waals surface area contributed by atoms with Gasteiger partial charge in [-0.3, -0.25) is 0 Å². The zero-order valence-corrected chi connectivity index (χ0v) is 12.0. The molecule has 0 saturated heterocycles. The van der Waals surface area contributed by atoms with Crippen molar-refractivity contribution in [1.82, 2.24) is 9.55 Å². The van der Waals surface area contributed by atoms with Gasteiger partial charge in [-0.2, -0.15) is 0 Å². The molecule has 3 rings (SSSR count). The van der Waals surface area contributed by atoms with Crippen LogP contribution in [0.4, 0.5) is 5.69 Å². The molecule has 0 unspecified atom stereocenters. The van der Waals surface area contributed by atoms with Crippen LogP contribution in [0.25, 0.3) is 0 Å². The molecule has 0 bridgehead atoms. The quantitative estimate of drug-likeness (QED) is 0.859. The smallest absolute Gasteiger partial charge is 0.143 e. The van der Waals surface area contributed by atoms with Crippen LogP contribution in [0, 0.1) is 0 Å². The van der Waals surface area contributed by atoms with Crippen molar-refractivity contribution in [2.75, 3.05) is 18.6 Å². The Hall–Kier alpha value is -2.17. The lowest BCUT2D eigenvalue weighted by Gasteiger charge is -2.34. The summed E-state index contributed by atoms with van der Waals surface area (Å²) in [4.78, 5) is 6.69. The van der Waals surface area contributed by atoms with Gasteiger partial charge >= 0.3 is 0 Å². The lowest BCUT2D eigenvalue weighted by atomic mass is 10.2. The van der Waals surface area contributed by atoms with Crippen LogP contribution in [-0.2, 0) is 13.6 Å². The van der Waals surface area contributed by atoms with E-state index in [4.69, 9.17) is 9.47 Å². The van der Waals surface area contributed by atoms with Crippen LogP contribution in [0.1, 0.15) is 12.7 Å². The van der Waals surface area contributed by atoms with Crippen LogP contribution in [0.15, 0.2) is 30.6 Å². The molecule has 2 aromatic rings. The molecule has 106 valence electrons. The largest absolute Gasteiger partial charge is 0.497 e. The fourth-order valence-electron chi connectivity index (χ4n) is 2.50. The van der Waals surface area contributed by atoms with E-state index in [1.165, 1.54) is 0 Å². The van der Waals surface area contributed by atoms with Crippen LogP contribution >= 0.6 is 0 Å². The monoisotopic (exact) mass is 273 g/mol. The first-order valence-electron chi connectivity index (χ1n) is 6.73. The SMILES string of the molecule is COc1ccc2c(c1)N(Cc1nccn1C)C[C@@H](C)O2. The molecule has 0 aliphatic carbocycles. The highest BCUT2D eigenvalue weighted by Crippen LogP contribution is 2.37. The minimum atomic E-state index is 0.163. The maximum absolute atomic E-state index is 5.89. The molecule has 5 heteroatoms. The summed E-state index contributed by atoms with van der Waals surface area (Å²) in [5.74, 6) is 2.78. The molecule has 20 heavy (non-hydrogen) atoms. The van der Waals surface area contributed by atoms with Gasteiger partial charge in [0.05, 0.1) is 25.9 Å². The van der Waals surface area contributed by atoms with Crippen LogP contribution in [0.5, 0.6) is 11.5 Å². The highest BCUT2D eigenvalue weighted by molar-refractivity contribution is 5.63. The van der Waals surface area contributed by atoms with E-state index in [0.29, 0.717) is 0 Å². The third-order valence-electron chi connectivity index (χ3n) is 3.57. The van der Waals surface area contributed by atoms with Crippen molar-refractivity contribution < 1.29 is 9.47 Å². The Morgan fingerprint density at radius 1 is 1.45 bits per heavy atom. The fraction of sp³-hybridized carbons (Fsp3) is 0.400. The van der Waals surface area contributed by atoms with Gasteiger partial charge in [0.25, 0.3) is 0 Å². The zero-order valence-electron chi connectivity index (χ0n) is 12.0. The molecule has 5 nitrogen and oxygen atoms in total. The average molecular weight is 273 g/mol. The minimum Gasteiger partial charge on any atom is -0.497 e. The standard InChI is InChI=1S/C15H19N3O2/c1-11-9-18(10-15-16-6-7-17(15)2)13-8-12(19-3)4-5-14(13)20-11/h4-8,11H,9-10H2,1-3H3/t11-/m1/s1. The highest BCUT2D eigenvalue weighted by Gasteiger charge is 2.24. The number of fused-ring (bicyclic) bond motifs is 1. The van der Waals surface area contributed by atoms with Crippen molar-refractivity contribution in [2.24, 2.45) is 7.05 Å². The molecular weight excluding hydrogens is 254 g/mol. The van der Waals surface area contributed by atoms with E-state index in [1.807, 2.05) is 42.2 Å². The van der Waals surface area contributed by atoms with Crippen molar-refractivity contribution in [1.29, 1.82) is 0 Å². The third kappa shape index (κ3) is 2.31. The van der Waals surface area contributed by atoms with E-state index >= 15 is 0 Å². The van der Waals surface area contributed by atoms with Gasteiger partial charge in [-0.1, -0.05) is 0 Å². The number of aryl methyl sites for hydroxylation is 1. The second-order valence-electron chi connectivity index (χ2n) is 5.10. The topological polar surface area (TPSA) is 39.5 Å². The Bertz CT molecular complexity index is 609. The van der Waals surface area contributed by atoms with Gasteiger partial charge in [0, 0.05) is 25.5 Å². The number of rotatable bonds is 3. The van der Waals surface area contributed by atoms with E-state index in [2.05, 4.69) is 16.8 Å². The van der Waals surface area contributed by atoms with E-state index in [0.717, 1.165) is 36.1 Å². The third-order valence-corrected chi connectivity index (χ3v) is 3.57. The molecule has 2 heterocycles. The number of methoxy groups -OCH3 is 1. The number of ether oxygens (including phenoxy) is 2. The van der Waals surface area contributed by atoms with Crippen LogP contribution in [0.3, 0.4) is 0 Å². The number of nitrogens with zero attached hydrogens (tertiary/aromatic N) is 3. The maximum Gasteiger partial charge on any atom is 0.143 e. The summed E-state index contributed by atoms with van der Waals surface area (Å²) in [6, 6.07) is 5.91. The second kappa shape index (κ2) is 5.07. The van der Waals surface area contributed by atoms with Crippen molar-refractivity contribution in [3.8, 4) is 11.5 Å². The summed E-state index contributed by atoms with van der Waals surface area (Å²) in [5.41, 5.74) is 1.06. The van der Waals surface area contributed by atoms with Crippen molar-refractivity contribution in [3.05, 3.63) is 36.4 Å². The lowest BCUT2D eigenvalue weighted by molar-refractivity contribution is 0.211. The Labute approximate surface area is 118 Å². The van der Waals surface area contributed by atoms with Gasteiger partial charge in [-0.25, -0.2) is 4.98 Å². The fourth-order valence-corrected chi connectivity index (χ4v) is 2.50. The Morgan fingerprint density at radius 3 is 3.00 bits per heavy atom. The Morgan fingerprint density at radius 2 is 2.30 bits per heavy atom. The molecule has 0 N–H and O–H groups in total. The highest BCUT2D eigenvalue weighted by atomic mass is 16.5. The van der Waals surface area contributed by atoms with Crippen molar-refractivity contribution in [2.45, 2.75) is 19.6 Å². The van der Waals surface area contributed by atoms with Gasteiger partial charge in [0.1, 0.15) is 23.4 Å². The second-order valence-corrected chi connectivity index (χ2v) is 5.10. The number of anilines is 1. The van der Waals surface area contributed by atoms with E-state index in [1.54, 1.807) is 7.11 Å². The number of hydrogen-bond donors (Lipinski definition) is 0. The molecule has 0 spiro atoms. The first-order valence-corrected chi connectivity index (χ1v) is 6.73. The number of aromatic nitrogens is 2. The van der Waals surface area contributed by atoms with E-state index < -0.39 is 0 Å². The van der Waals surface area contributed by atoms with Gasteiger partial charge in [-0.05, 0) is 19.1 Å². The van der Waals surface area contributed by atoms with Gasteiger partial charge in [-0.15, -0.1) is 0 Å². The van der Waals surface area contributed by atoms with Gasteiger partial charge < -0.3 is 18.9 Å². The lowest BCUT2D eigenvalue weighted by Crippen LogP contribution is -2.38. The van der Waals surface area contributed by atoms with Crippen LogP contribution < -0.4 is 14.4 Å². The molecule has 0 amide bonds. The molecule has 1 aromatic heterocycles. The average Bonchev–Trinajstić information content (AvgIpc) is 2.84. The molecule has 0 saturated carbocycles. The number of hydrogen-bond acceptors (Lipinski definition) is 4. The molecular formula is C15H19N3O2. The number of benzene rings is 1. The summed E-state index contributed by atoms with van der Waals surface area (Å²) >= 11 is 0. The first kappa shape index (κ1) is 12.8. The zero-order chi connectivity index (χ0) is 14.1. The summed E-state index contributed by atoms with van der Waals surface area (Å²) in [6.45, 7) is 3.68. The molecule has 1 aromatic carbocycles. The molecule has 1 aliphatic rings. The maximum atomic E-state index is 5.89. The predicted molar refractivity (Wildman–Crippen MR) is 77.3 cm³/mol. The first-order chi connectivity index (χ1) is 9.67. The van der Waals surface area contributed by atoms with Crippen LogP contribution in [-0.4, -0.2) is 29.3 Å². The summed E-state index contributed by atoms with van der Waals surface area (Å²) in [5, 5.41) is 0. The van der Waals surface area contributed by atoms with Crippen LogP contribution in [0.2, 0.25) is 0 Å². The normalized spacial score (nSPS) is 17.6. The van der Waals surface area contributed by atoms with E-state index in [-0.39, 0.29) is 6.10 Å². The molecule has 0 radical (unpaired) electrons. The minimum absolute atomic E-state index is 0.163. The number of imidazole rings is 1. The Kier molecular flexibility index (Phi) is 3.26. The summed E-state index contributed by atoms with van der Waals surface area (Å²) in [7, 11) is 3.69.